The second-order valence-electron chi connectivity index (χ2n) is 7.66. The lowest BCUT2D eigenvalue weighted by Gasteiger charge is -2.30. The first-order chi connectivity index (χ1) is 13.2. The number of hydrogen-bond donors (Lipinski definition) is 0. The first-order valence-electron chi connectivity index (χ1n) is 8.93. The molecule has 1 amide bonds. The number of rotatable bonds is 4. The lowest BCUT2D eigenvalue weighted by Crippen LogP contribution is -2.37. The van der Waals surface area contributed by atoms with Crippen molar-refractivity contribution in [2.24, 2.45) is 0 Å². The minimum atomic E-state index is -0.581. The van der Waals surface area contributed by atoms with E-state index in [1.165, 1.54) is 26.4 Å². The van der Waals surface area contributed by atoms with Gasteiger partial charge in [0.05, 0.1) is 36.9 Å². The Morgan fingerprint density at radius 2 is 1.86 bits per heavy atom. The minimum Gasteiger partial charge on any atom is -0.493 e. The summed E-state index contributed by atoms with van der Waals surface area (Å²) in [6.07, 6.45) is 2.41. The van der Waals surface area contributed by atoms with Crippen molar-refractivity contribution in [1.29, 1.82) is 0 Å². The highest BCUT2D eigenvalue weighted by Crippen LogP contribution is 2.36. The molecular formula is C19H24N4O5. The van der Waals surface area contributed by atoms with Crippen LogP contribution in [0.15, 0.2) is 18.3 Å². The molecule has 0 aliphatic carbocycles. The second kappa shape index (κ2) is 7.14. The third-order valence-corrected chi connectivity index (χ3v) is 4.79. The van der Waals surface area contributed by atoms with Crippen LogP contribution in [0.3, 0.4) is 0 Å². The van der Waals surface area contributed by atoms with Gasteiger partial charge >= 0.3 is 0 Å². The highest BCUT2D eigenvalue weighted by atomic mass is 16.6. The third-order valence-electron chi connectivity index (χ3n) is 4.79. The van der Waals surface area contributed by atoms with Gasteiger partial charge in [-0.05, 0) is 20.8 Å². The van der Waals surface area contributed by atoms with Crippen molar-refractivity contribution in [2.45, 2.75) is 39.3 Å². The van der Waals surface area contributed by atoms with Crippen molar-refractivity contribution >= 4 is 11.6 Å². The SMILES string of the molecule is COc1cc(C(=O)N2CCc3c(cnn3C(C)(C)C)C2)c([N+](=O)[O-])cc1OC. The maximum absolute atomic E-state index is 13.1. The van der Waals surface area contributed by atoms with Crippen LogP contribution in [0.4, 0.5) is 5.69 Å². The number of nitro benzene ring substituents is 1. The summed E-state index contributed by atoms with van der Waals surface area (Å²) in [6.45, 7) is 7.04. The Morgan fingerprint density at radius 3 is 2.43 bits per heavy atom. The maximum Gasteiger partial charge on any atom is 0.286 e. The zero-order valence-electron chi connectivity index (χ0n) is 16.7. The molecule has 1 aromatic heterocycles. The van der Waals surface area contributed by atoms with Crippen molar-refractivity contribution in [1.82, 2.24) is 14.7 Å². The molecule has 28 heavy (non-hydrogen) atoms. The van der Waals surface area contributed by atoms with Gasteiger partial charge in [0, 0.05) is 36.8 Å². The van der Waals surface area contributed by atoms with E-state index in [1.807, 2.05) is 4.68 Å². The quantitative estimate of drug-likeness (QED) is 0.590. The van der Waals surface area contributed by atoms with E-state index < -0.39 is 10.8 Å². The first kappa shape index (κ1) is 19.7. The summed E-state index contributed by atoms with van der Waals surface area (Å²) in [5, 5.41) is 16.0. The zero-order chi connectivity index (χ0) is 20.6. The van der Waals surface area contributed by atoms with Crippen molar-refractivity contribution < 1.29 is 19.2 Å². The third kappa shape index (κ3) is 3.39. The summed E-state index contributed by atoms with van der Waals surface area (Å²) in [5.41, 5.74) is 1.58. The standard InChI is InChI=1S/C19H24N4O5/c1-19(2,3)22-14-6-7-21(11-12(14)10-20-22)18(24)13-8-16(27-4)17(28-5)9-15(13)23(25)26/h8-10H,6-7,11H2,1-5H3. The Morgan fingerprint density at radius 1 is 1.21 bits per heavy atom. The van der Waals surface area contributed by atoms with Gasteiger partial charge in [0.1, 0.15) is 5.56 Å². The van der Waals surface area contributed by atoms with Gasteiger partial charge in [0.25, 0.3) is 11.6 Å². The van der Waals surface area contributed by atoms with E-state index in [9.17, 15) is 14.9 Å². The number of nitro groups is 1. The lowest BCUT2D eigenvalue weighted by molar-refractivity contribution is -0.385. The summed E-state index contributed by atoms with van der Waals surface area (Å²) in [7, 11) is 2.81. The second-order valence-corrected chi connectivity index (χ2v) is 7.66. The van der Waals surface area contributed by atoms with Crippen LogP contribution in [0.2, 0.25) is 0 Å². The molecule has 2 heterocycles. The molecule has 1 aliphatic rings. The van der Waals surface area contributed by atoms with Gasteiger partial charge in [-0.15, -0.1) is 0 Å². The molecule has 0 saturated heterocycles. The fraction of sp³-hybridized carbons (Fsp3) is 0.474. The molecule has 0 N–H and O–H groups in total. The van der Waals surface area contributed by atoms with Crippen LogP contribution >= 0.6 is 0 Å². The van der Waals surface area contributed by atoms with Gasteiger partial charge < -0.3 is 14.4 Å². The molecule has 0 fully saturated rings. The number of nitrogens with zero attached hydrogens (tertiary/aromatic N) is 4. The van der Waals surface area contributed by atoms with E-state index >= 15 is 0 Å². The highest BCUT2D eigenvalue weighted by Gasteiger charge is 2.32. The molecule has 0 atom stereocenters. The molecule has 9 heteroatoms. The van der Waals surface area contributed by atoms with Crippen molar-refractivity contribution in [2.75, 3.05) is 20.8 Å². The number of methoxy groups -OCH3 is 2. The molecule has 0 spiro atoms. The van der Waals surface area contributed by atoms with Crippen LogP contribution in [0, 0.1) is 10.1 Å². The van der Waals surface area contributed by atoms with Gasteiger partial charge in [-0.1, -0.05) is 0 Å². The lowest BCUT2D eigenvalue weighted by atomic mass is 10.0. The Labute approximate surface area is 163 Å². The topological polar surface area (TPSA) is 99.7 Å². The van der Waals surface area contributed by atoms with Crippen LogP contribution < -0.4 is 9.47 Å². The molecule has 1 aliphatic heterocycles. The number of benzene rings is 1. The van der Waals surface area contributed by atoms with Crippen LogP contribution in [0.25, 0.3) is 0 Å². The summed E-state index contributed by atoms with van der Waals surface area (Å²) in [6, 6.07) is 2.59. The number of ether oxygens (including phenoxy) is 2. The molecule has 0 saturated carbocycles. The van der Waals surface area contributed by atoms with Crippen LogP contribution in [0.5, 0.6) is 11.5 Å². The summed E-state index contributed by atoms with van der Waals surface area (Å²) in [5.74, 6) is 0.0645. The highest BCUT2D eigenvalue weighted by molar-refractivity contribution is 5.99. The fourth-order valence-electron chi connectivity index (χ4n) is 3.44. The van der Waals surface area contributed by atoms with E-state index in [0.717, 1.165) is 11.3 Å². The largest absolute Gasteiger partial charge is 0.493 e. The van der Waals surface area contributed by atoms with E-state index in [0.29, 0.717) is 19.5 Å². The van der Waals surface area contributed by atoms with Gasteiger partial charge in [-0.25, -0.2) is 0 Å². The first-order valence-corrected chi connectivity index (χ1v) is 8.93. The van der Waals surface area contributed by atoms with Crippen LogP contribution in [0.1, 0.15) is 42.4 Å². The number of aromatic nitrogens is 2. The molecule has 1 aromatic carbocycles. The number of amides is 1. The zero-order valence-corrected chi connectivity index (χ0v) is 16.7. The molecule has 3 rings (SSSR count). The molecule has 0 unspecified atom stereocenters. The summed E-state index contributed by atoms with van der Waals surface area (Å²) < 4.78 is 12.3. The number of fused-ring (bicyclic) bond motifs is 1. The average Bonchev–Trinajstić information content (AvgIpc) is 3.09. The predicted octanol–water partition coefficient (Wildman–Crippen LogP) is 2.76. The Bertz CT molecular complexity index is 929. The Kier molecular flexibility index (Phi) is 5.01. The Balaban J connectivity index is 1.95. The van der Waals surface area contributed by atoms with Gasteiger partial charge in [-0.2, -0.15) is 5.10 Å². The van der Waals surface area contributed by atoms with Gasteiger partial charge in [-0.3, -0.25) is 19.6 Å². The van der Waals surface area contributed by atoms with E-state index in [-0.39, 0.29) is 28.3 Å². The number of carbonyl (C=O) groups excluding carboxylic acids is 1. The maximum atomic E-state index is 13.1. The van der Waals surface area contributed by atoms with Crippen LogP contribution in [-0.2, 0) is 18.5 Å². The molecule has 0 bridgehead atoms. The van der Waals surface area contributed by atoms with Crippen molar-refractivity contribution in [3.05, 3.63) is 45.3 Å². The average molecular weight is 388 g/mol. The van der Waals surface area contributed by atoms with Crippen molar-refractivity contribution in [3.63, 3.8) is 0 Å². The molecule has 0 radical (unpaired) electrons. The van der Waals surface area contributed by atoms with Crippen molar-refractivity contribution in [3.8, 4) is 11.5 Å². The minimum absolute atomic E-state index is 0.0192. The molecule has 150 valence electrons. The van der Waals surface area contributed by atoms with Gasteiger partial charge in [0.2, 0.25) is 0 Å². The van der Waals surface area contributed by atoms with E-state index in [2.05, 4.69) is 25.9 Å². The smallest absolute Gasteiger partial charge is 0.286 e. The molecular weight excluding hydrogens is 364 g/mol. The summed E-state index contributed by atoms with van der Waals surface area (Å²) in [4.78, 5) is 25.6. The molecule has 2 aromatic rings. The summed E-state index contributed by atoms with van der Waals surface area (Å²) >= 11 is 0. The number of carbonyl (C=O) groups is 1. The number of hydrogen-bond acceptors (Lipinski definition) is 6. The van der Waals surface area contributed by atoms with E-state index in [4.69, 9.17) is 9.47 Å². The fourth-order valence-corrected chi connectivity index (χ4v) is 3.44. The van der Waals surface area contributed by atoms with Gasteiger partial charge in [0.15, 0.2) is 11.5 Å². The predicted molar refractivity (Wildman–Crippen MR) is 102 cm³/mol. The van der Waals surface area contributed by atoms with Crippen LogP contribution in [-0.4, -0.2) is 46.3 Å². The molecule has 9 nitrogen and oxygen atoms in total. The van der Waals surface area contributed by atoms with E-state index in [1.54, 1.807) is 11.1 Å². The normalized spacial score (nSPS) is 13.8. The Hall–Kier alpha value is -3.10. The monoisotopic (exact) mass is 388 g/mol.